The van der Waals surface area contributed by atoms with Gasteiger partial charge in [-0.15, -0.1) is 0 Å². The third-order valence-corrected chi connectivity index (χ3v) is 5.94. The molecule has 7 heteroatoms. The number of nitrogens with zero attached hydrogens (tertiary/aromatic N) is 3. The molecule has 0 radical (unpaired) electrons. The van der Waals surface area contributed by atoms with Gasteiger partial charge in [-0.1, -0.05) is 0 Å². The molecule has 1 aromatic rings. The molecule has 2 N–H and O–H groups in total. The Morgan fingerprint density at radius 2 is 1.86 bits per heavy atom. The first kappa shape index (κ1) is 15.0. The highest BCUT2D eigenvalue weighted by atomic mass is 32.2. The maximum atomic E-state index is 12.8. The van der Waals surface area contributed by atoms with Crippen LogP contribution in [0.3, 0.4) is 0 Å². The molecule has 2 aliphatic carbocycles. The second-order valence-corrected chi connectivity index (χ2v) is 8.23. The van der Waals surface area contributed by atoms with Crippen LogP contribution in [0.2, 0.25) is 0 Å². The summed E-state index contributed by atoms with van der Waals surface area (Å²) < 4.78 is 28.9. The summed E-state index contributed by atoms with van der Waals surface area (Å²) in [4.78, 5) is 0.320. The number of hydrogen-bond acceptors (Lipinski definition) is 4. The Morgan fingerprint density at radius 3 is 2.38 bits per heavy atom. The molecule has 0 aromatic carbocycles. The minimum atomic E-state index is -3.40. The average molecular weight is 312 g/mol. The van der Waals surface area contributed by atoms with Gasteiger partial charge in [-0.2, -0.15) is 9.40 Å². The maximum absolute atomic E-state index is 12.8. The fraction of sp³-hybridized carbons (Fsp3) is 0.786. The van der Waals surface area contributed by atoms with Gasteiger partial charge in [0.15, 0.2) is 0 Å². The van der Waals surface area contributed by atoms with Crippen LogP contribution in [0.25, 0.3) is 0 Å². The molecule has 0 atom stereocenters. The van der Waals surface area contributed by atoms with Crippen molar-refractivity contribution in [2.45, 2.75) is 43.5 Å². The van der Waals surface area contributed by atoms with Crippen LogP contribution >= 0.6 is 0 Å². The first-order valence-corrected chi connectivity index (χ1v) is 9.26. The van der Waals surface area contributed by atoms with Gasteiger partial charge in [0.2, 0.25) is 10.0 Å². The van der Waals surface area contributed by atoms with E-state index in [-0.39, 0.29) is 0 Å². The maximum Gasteiger partial charge on any atom is 0.246 e. The zero-order valence-electron chi connectivity index (χ0n) is 12.3. The quantitative estimate of drug-likeness (QED) is 0.739. The molecule has 0 aliphatic heterocycles. The molecule has 6 nitrogen and oxygen atoms in total. The van der Waals surface area contributed by atoms with Gasteiger partial charge in [0, 0.05) is 25.8 Å². The Bertz CT molecular complexity index is 562. The summed E-state index contributed by atoms with van der Waals surface area (Å²) >= 11 is 0. The first-order valence-electron chi connectivity index (χ1n) is 7.82. The summed E-state index contributed by atoms with van der Waals surface area (Å²) in [6.45, 7) is 2.59. The number of aryl methyl sites for hydroxylation is 1. The molecule has 0 saturated heterocycles. The van der Waals surface area contributed by atoms with Crippen molar-refractivity contribution in [1.82, 2.24) is 14.1 Å². The Labute approximate surface area is 126 Å². The largest absolute Gasteiger partial charge is 0.330 e. The molecule has 0 amide bonds. The Morgan fingerprint density at radius 1 is 1.24 bits per heavy atom. The van der Waals surface area contributed by atoms with Gasteiger partial charge in [0.1, 0.15) is 4.90 Å². The van der Waals surface area contributed by atoms with Crippen molar-refractivity contribution in [2.75, 3.05) is 19.6 Å². The van der Waals surface area contributed by atoms with Gasteiger partial charge < -0.3 is 5.73 Å². The van der Waals surface area contributed by atoms with Crippen LogP contribution in [0.15, 0.2) is 17.3 Å². The van der Waals surface area contributed by atoms with Crippen LogP contribution in [0.1, 0.15) is 32.1 Å². The minimum Gasteiger partial charge on any atom is -0.330 e. The van der Waals surface area contributed by atoms with Crippen molar-refractivity contribution in [3.63, 3.8) is 0 Å². The fourth-order valence-electron chi connectivity index (χ4n) is 2.45. The van der Waals surface area contributed by atoms with E-state index in [4.69, 9.17) is 5.73 Å². The van der Waals surface area contributed by atoms with Gasteiger partial charge in [-0.05, 0) is 50.5 Å². The monoisotopic (exact) mass is 312 g/mol. The molecule has 1 heterocycles. The molecule has 21 heavy (non-hydrogen) atoms. The predicted octanol–water partition coefficient (Wildman–Crippen LogP) is 1.04. The van der Waals surface area contributed by atoms with Crippen LogP contribution in [0, 0.1) is 11.8 Å². The highest BCUT2D eigenvalue weighted by molar-refractivity contribution is 7.89. The van der Waals surface area contributed by atoms with Gasteiger partial charge in [0.05, 0.1) is 6.20 Å². The molecule has 2 fully saturated rings. The molecule has 2 saturated carbocycles. The van der Waals surface area contributed by atoms with E-state index in [9.17, 15) is 8.42 Å². The summed E-state index contributed by atoms with van der Waals surface area (Å²) in [7, 11) is -3.40. The number of sulfonamides is 1. The van der Waals surface area contributed by atoms with E-state index >= 15 is 0 Å². The molecule has 2 aliphatic rings. The lowest BCUT2D eigenvalue weighted by Crippen LogP contribution is -2.34. The molecule has 0 bridgehead atoms. The van der Waals surface area contributed by atoms with Crippen LogP contribution in [-0.4, -0.2) is 42.1 Å². The predicted molar refractivity (Wildman–Crippen MR) is 80.1 cm³/mol. The molecular weight excluding hydrogens is 288 g/mol. The van der Waals surface area contributed by atoms with Gasteiger partial charge in [-0.25, -0.2) is 8.42 Å². The van der Waals surface area contributed by atoms with Crippen molar-refractivity contribution < 1.29 is 8.42 Å². The molecule has 3 rings (SSSR count). The topological polar surface area (TPSA) is 81.2 Å². The normalized spacial score (nSPS) is 19.3. The molecule has 1 aromatic heterocycles. The summed E-state index contributed by atoms with van der Waals surface area (Å²) in [5.74, 6) is 1.12. The smallest absolute Gasteiger partial charge is 0.246 e. The molecule has 0 spiro atoms. The second-order valence-electron chi connectivity index (χ2n) is 6.29. The highest BCUT2D eigenvalue weighted by Gasteiger charge is 2.36. The van der Waals surface area contributed by atoms with Gasteiger partial charge >= 0.3 is 0 Å². The first-order chi connectivity index (χ1) is 10.1. The van der Waals surface area contributed by atoms with E-state index < -0.39 is 10.0 Å². The van der Waals surface area contributed by atoms with Crippen molar-refractivity contribution in [1.29, 1.82) is 0 Å². The lowest BCUT2D eigenvalue weighted by Gasteiger charge is -2.21. The van der Waals surface area contributed by atoms with E-state index in [1.54, 1.807) is 15.2 Å². The van der Waals surface area contributed by atoms with Gasteiger partial charge in [0.25, 0.3) is 0 Å². The number of nitrogens with two attached hydrogens (primary N) is 1. The summed E-state index contributed by atoms with van der Waals surface area (Å²) in [6, 6.07) is 0. The fourth-order valence-corrected chi connectivity index (χ4v) is 4.00. The summed E-state index contributed by atoms with van der Waals surface area (Å²) in [5.41, 5.74) is 5.47. The zero-order chi connectivity index (χ0) is 14.9. The third-order valence-electron chi connectivity index (χ3n) is 4.16. The van der Waals surface area contributed by atoms with Gasteiger partial charge in [-0.3, -0.25) is 4.68 Å². The van der Waals surface area contributed by atoms with Crippen molar-refractivity contribution in [2.24, 2.45) is 17.6 Å². The lowest BCUT2D eigenvalue weighted by molar-refractivity contribution is 0.382. The van der Waals surface area contributed by atoms with Crippen molar-refractivity contribution in [3.05, 3.63) is 12.4 Å². The number of hydrogen-bond donors (Lipinski definition) is 1. The van der Waals surface area contributed by atoms with E-state index in [1.165, 1.54) is 6.20 Å². The third kappa shape index (κ3) is 3.84. The molecule has 0 unspecified atom stereocenters. The van der Waals surface area contributed by atoms with E-state index in [0.717, 1.165) is 32.1 Å². The van der Waals surface area contributed by atoms with Crippen LogP contribution in [0.4, 0.5) is 0 Å². The number of aromatic nitrogens is 2. The van der Waals surface area contributed by atoms with Crippen molar-refractivity contribution >= 4 is 10.0 Å². The SMILES string of the molecule is NCCCn1cc(S(=O)(=O)N(CC2CC2)CC2CC2)cn1. The highest BCUT2D eigenvalue weighted by Crippen LogP contribution is 2.35. The summed E-state index contributed by atoms with van der Waals surface area (Å²) in [6.07, 6.45) is 8.54. The lowest BCUT2D eigenvalue weighted by atomic mass is 10.4. The molecule has 118 valence electrons. The second kappa shape index (κ2) is 6.06. The van der Waals surface area contributed by atoms with Crippen molar-refractivity contribution in [3.8, 4) is 0 Å². The van der Waals surface area contributed by atoms with Crippen LogP contribution in [-0.2, 0) is 16.6 Å². The zero-order valence-corrected chi connectivity index (χ0v) is 13.1. The Hall–Kier alpha value is -0.920. The van der Waals surface area contributed by atoms with E-state index in [2.05, 4.69) is 5.10 Å². The Balaban J connectivity index is 1.73. The minimum absolute atomic E-state index is 0.320. The molecular formula is C14H24N4O2S. The van der Waals surface area contributed by atoms with Crippen LogP contribution in [0.5, 0.6) is 0 Å². The summed E-state index contributed by atoms with van der Waals surface area (Å²) in [5, 5.41) is 4.15. The van der Waals surface area contributed by atoms with E-state index in [1.807, 2.05) is 0 Å². The average Bonchev–Trinajstić information content (AvgIpc) is 3.38. The van der Waals surface area contributed by atoms with E-state index in [0.29, 0.717) is 42.9 Å². The Kier molecular flexibility index (Phi) is 4.33. The number of rotatable bonds is 9. The standard InChI is InChI=1S/C14H24N4O2S/c15-6-1-7-17-11-14(8-16-17)21(19,20)18(9-12-2-3-12)10-13-4-5-13/h8,11-13H,1-7,9-10,15H2. The van der Waals surface area contributed by atoms with Crippen LogP contribution < -0.4 is 5.73 Å².